The van der Waals surface area contributed by atoms with Gasteiger partial charge in [0.15, 0.2) is 0 Å². The molecular weight excluding hydrogens is 213 g/mol. The molecule has 2 aliphatic rings. The molecule has 2 heteroatoms. The van der Waals surface area contributed by atoms with Gasteiger partial charge in [-0.2, -0.15) is 0 Å². The lowest BCUT2D eigenvalue weighted by Gasteiger charge is -2.40. The van der Waals surface area contributed by atoms with E-state index in [2.05, 4.69) is 23.1 Å². The highest BCUT2D eigenvalue weighted by Gasteiger charge is 2.34. The number of alkyl halides is 1. The van der Waals surface area contributed by atoms with Crippen LogP contribution in [0.4, 0.5) is 10.1 Å². The number of hydrogen-bond donors (Lipinski definition) is 0. The highest BCUT2D eigenvalue weighted by molar-refractivity contribution is 5.47. The highest BCUT2D eigenvalue weighted by Crippen LogP contribution is 2.32. The molecule has 88 valence electrons. The molecule has 3 rings (SSSR count). The van der Waals surface area contributed by atoms with Crippen LogP contribution in [0, 0.1) is 11.8 Å². The molecule has 1 fully saturated rings. The Morgan fingerprint density at radius 3 is 2.59 bits per heavy atom. The average Bonchev–Trinajstić information content (AvgIpc) is 2.40. The van der Waals surface area contributed by atoms with E-state index in [-0.39, 0.29) is 5.92 Å². The van der Waals surface area contributed by atoms with Crippen molar-refractivity contribution in [3.63, 3.8) is 0 Å². The molecule has 3 unspecified atom stereocenters. The summed E-state index contributed by atoms with van der Waals surface area (Å²) in [5, 5.41) is 0. The number of nitrogens with zero attached hydrogens (tertiary/aromatic N) is 1. The predicted octanol–water partition coefficient (Wildman–Crippen LogP) is 3.20. The number of anilines is 1. The van der Waals surface area contributed by atoms with Crippen LogP contribution < -0.4 is 4.90 Å². The van der Waals surface area contributed by atoms with Gasteiger partial charge in [-0.1, -0.05) is 42.5 Å². The molecule has 1 nitrogen and oxygen atoms in total. The van der Waals surface area contributed by atoms with E-state index in [1.54, 1.807) is 0 Å². The van der Waals surface area contributed by atoms with E-state index in [1.165, 1.54) is 0 Å². The molecule has 0 amide bonds. The molecule has 0 N–H and O–H groups in total. The minimum Gasteiger partial charge on any atom is -0.368 e. The maximum Gasteiger partial charge on any atom is 0.124 e. The molecule has 0 aromatic heterocycles. The third kappa shape index (κ3) is 1.99. The van der Waals surface area contributed by atoms with Crippen LogP contribution in [0.5, 0.6) is 0 Å². The molecule has 1 heterocycles. The van der Waals surface area contributed by atoms with E-state index in [9.17, 15) is 4.39 Å². The highest BCUT2D eigenvalue weighted by atomic mass is 19.1. The van der Waals surface area contributed by atoms with Crippen molar-refractivity contribution < 1.29 is 4.39 Å². The Balaban J connectivity index is 1.82. The first-order chi connectivity index (χ1) is 8.34. The van der Waals surface area contributed by atoms with Gasteiger partial charge in [-0.15, -0.1) is 0 Å². The van der Waals surface area contributed by atoms with E-state index in [0.29, 0.717) is 12.5 Å². The van der Waals surface area contributed by atoms with Crippen molar-refractivity contribution in [3.05, 3.63) is 54.6 Å². The largest absolute Gasteiger partial charge is 0.368 e. The second kappa shape index (κ2) is 4.36. The zero-order valence-electron chi connectivity index (χ0n) is 9.67. The molecule has 1 saturated heterocycles. The van der Waals surface area contributed by atoms with Crippen molar-refractivity contribution in [2.45, 2.75) is 6.17 Å². The van der Waals surface area contributed by atoms with Gasteiger partial charge in [0, 0.05) is 30.6 Å². The number of allylic oxidation sites excluding steroid dienone is 3. The summed E-state index contributed by atoms with van der Waals surface area (Å²) >= 11 is 0. The molecule has 1 aromatic rings. The second-order valence-corrected chi connectivity index (χ2v) is 4.77. The van der Waals surface area contributed by atoms with Gasteiger partial charge in [0.05, 0.1) is 0 Å². The predicted molar refractivity (Wildman–Crippen MR) is 68.8 cm³/mol. The van der Waals surface area contributed by atoms with Crippen molar-refractivity contribution in [3.8, 4) is 0 Å². The van der Waals surface area contributed by atoms with Crippen LogP contribution >= 0.6 is 0 Å². The number of piperidine rings is 1. The van der Waals surface area contributed by atoms with E-state index in [4.69, 9.17) is 0 Å². The zero-order chi connectivity index (χ0) is 11.7. The van der Waals surface area contributed by atoms with Crippen molar-refractivity contribution in [1.29, 1.82) is 0 Å². The Hall–Kier alpha value is -1.57. The topological polar surface area (TPSA) is 3.24 Å². The first-order valence-electron chi connectivity index (χ1n) is 6.13. The van der Waals surface area contributed by atoms with Gasteiger partial charge in [-0.05, 0) is 12.1 Å². The molecule has 1 aliphatic carbocycles. The summed E-state index contributed by atoms with van der Waals surface area (Å²) in [6.07, 6.45) is 7.37. The Kier molecular flexibility index (Phi) is 2.71. The number of benzene rings is 1. The summed E-state index contributed by atoms with van der Waals surface area (Å²) in [7, 11) is 0. The number of halogens is 1. The zero-order valence-corrected chi connectivity index (χ0v) is 9.67. The van der Waals surface area contributed by atoms with Gasteiger partial charge in [-0.3, -0.25) is 0 Å². The van der Waals surface area contributed by atoms with Crippen LogP contribution in [-0.2, 0) is 0 Å². The summed E-state index contributed by atoms with van der Waals surface area (Å²) in [5.74, 6) is 0.379. The van der Waals surface area contributed by atoms with E-state index in [0.717, 1.165) is 12.2 Å². The van der Waals surface area contributed by atoms with Crippen molar-refractivity contribution in [2.75, 3.05) is 18.0 Å². The van der Waals surface area contributed by atoms with Crippen molar-refractivity contribution in [2.24, 2.45) is 11.8 Å². The molecule has 17 heavy (non-hydrogen) atoms. The number of fused-ring (bicyclic) bond motifs is 1. The molecular formula is C15H16FN. The smallest absolute Gasteiger partial charge is 0.124 e. The first kappa shape index (κ1) is 10.6. The lowest BCUT2D eigenvalue weighted by Crippen LogP contribution is -2.47. The fourth-order valence-corrected chi connectivity index (χ4v) is 2.75. The molecule has 0 bridgehead atoms. The van der Waals surface area contributed by atoms with Gasteiger partial charge in [0.1, 0.15) is 6.17 Å². The van der Waals surface area contributed by atoms with Crippen LogP contribution in [0.3, 0.4) is 0 Å². The minimum atomic E-state index is -0.768. The fraction of sp³-hybridized carbons (Fsp3) is 0.333. The van der Waals surface area contributed by atoms with E-state index in [1.807, 2.05) is 36.4 Å². The Morgan fingerprint density at radius 2 is 1.76 bits per heavy atom. The monoisotopic (exact) mass is 229 g/mol. The van der Waals surface area contributed by atoms with Crippen LogP contribution in [0.1, 0.15) is 0 Å². The van der Waals surface area contributed by atoms with E-state index < -0.39 is 6.17 Å². The standard InChI is InChI=1S/C15H16FN/c16-15-11-17(13-7-2-1-3-8-13)10-12-6-4-5-9-14(12)15/h1-9,12,14-15H,10-11H2. The maximum atomic E-state index is 14.1. The summed E-state index contributed by atoms with van der Waals surface area (Å²) in [5.41, 5.74) is 1.12. The number of para-hydroxylation sites is 1. The quantitative estimate of drug-likeness (QED) is 0.714. The maximum absolute atomic E-state index is 14.1. The van der Waals surface area contributed by atoms with Crippen LogP contribution in [0.25, 0.3) is 0 Å². The molecule has 0 spiro atoms. The molecule has 0 saturated carbocycles. The summed E-state index contributed by atoms with van der Waals surface area (Å²) in [6, 6.07) is 10.1. The van der Waals surface area contributed by atoms with Gasteiger partial charge in [-0.25, -0.2) is 4.39 Å². The van der Waals surface area contributed by atoms with Gasteiger partial charge in [0.2, 0.25) is 0 Å². The third-order valence-corrected chi connectivity index (χ3v) is 3.66. The third-order valence-electron chi connectivity index (χ3n) is 3.66. The first-order valence-corrected chi connectivity index (χ1v) is 6.13. The normalized spacial score (nSPS) is 31.4. The SMILES string of the molecule is FC1CN(c2ccccc2)CC2C=CC=CC12. The second-order valence-electron chi connectivity index (χ2n) is 4.77. The summed E-state index contributed by atoms with van der Waals surface area (Å²) in [4.78, 5) is 2.15. The summed E-state index contributed by atoms with van der Waals surface area (Å²) in [6.45, 7) is 1.42. The average molecular weight is 229 g/mol. The molecule has 0 radical (unpaired) electrons. The van der Waals surface area contributed by atoms with Crippen molar-refractivity contribution >= 4 is 5.69 Å². The lowest BCUT2D eigenvalue weighted by molar-refractivity contribution is 0.197. The van der Waals surface area contributed by atoms with E-state index >= 15 is 0 Å². The fourth-order valence-electron chi connectivity index (χ4n) is 2.75. The van der Waals surface area contributed by atoms with Crippen molar-refractivity contribution in [1.82, 2.24) is 0 Å². The molecule has 1 aromatic carbocycles. The Morgan fingerprint density at radius 1 is 1.00 bits per heavy atom. The number of rotatable bonds is 1. The molecule has 3 atom stereocenters. The molecule has 1 aliphatic heterocycles. The van der Waals surface area contributed by atoms with Crippen LogP contribution in [0.15, 0.2) is 54.6 Å². The lowest BCUT2D eigenvalue weighted by atomic mass is 9.81. The Labute approximate surface area is 101 Å². The number of hydrogen-bond acceptors (Lipinski definition) is 1. The Bertz CT molecular complexity index is 437. The van der Waals surface area contributed by atoms with Gasteiger partial charge < -0.3 is 4.90 Å². The van der Waals surface area contributed by atoms with Crippen LogP contribution in [0.2, 0.25) is 0 Å². The minimum absolute atomic E-state index is 0.0694. The summed E-state index contributed by atoms with van der Waals surface area (Å²) < 4.78 is 14.1. The van der Waals surface area contributed by atoms with Gasteiger partial charge in [0.25, 0.3) is 0 Å². The van der Waals surface area contributed by atoms with Crippen LogP contribution in [-0.4, -0.2) is 19.3 Å². The van der Waals surface area contributed by atoms with Gasteiger partial charge >= 0.3 is 0 Å².